The van der Waals surface area contributed by atoms with Gasteiger partial charge in [-0.2, -0.15) is 0 Å². The van der Waals surface area contributed by atoms with Crippen LogP contribution in [0.25, 0.3) is 21.5 Å². The SMILES string of the molecule is CCc1ccc2cc(C3(c4ccc5cc(CC)ccc5c4)c4ccccc4C(=O)N3c3ccccc3)ccc2c1. The van der Waals surface area contributed by atoms with Crippen LogP contribution in [0.15, 0.2) is 127 Å². The van der Waals surface area contributed by atoms with E-state index in [0.717, 1.165) is 40.8 Å². The minimum absolute atomic E-state index is 0.0182. The van der Waals surface area contributed by atoms with Crippen molar-refractivity contribution in [2.45, 2.75) is 32.2 Å². The third kappa shape index (κ3) is 3.60. The molecule has 2 heteroatoms. The molecule has 0 atom stereocenters. The average Bonchev–Trinajstić information content (AvgIpc) is 3.29. The van der Waals surface area contributed by atoms with E-state index in [1.807, 2.05) is 47.4 Å². The fraction of sp³-hybridized carbons (Fsp3) is 0.132. The summed E-state index contributed by atoms with van der Waals surface area (Å²) in [6.45, 7) is 4.37. The summed E-state index contributed by atoms with van der Waals surface area (Å²) in [6, 6.07) is 45.1. The van der Waals surface area contributed by atoms with E-state index in [1.165, 1.54) is 32.7 Å². The van der Waals surface area contributed by atoms with Crippen LogP contribution < -0.4 is 4.90 Å². The molecule has 0 spiro atoms. The Kier molecular flexibility index (Phi) is 5.78. The third-order valence-electron chi connectivity index (χ3n) is 8.56. The topological polar surface area (TPSA) is 20.3 Å². The molecule has 1 heterocycles. The van der Waals surface area contributed by atoms with Crippen molar-refractivity contribution in [3.05, 3.63) is 161 Å². The van der Waals surface area contributed by atoms with E-state index in [4.69, 9.17) is 0 Å². The second kappa shape index (κ2) is 9.50. The maximum atomic E-state index is 14.4. The van der Waals surface area contributed by atoms with Gasteiger partial charge in [-0.15, -0.1) is 0 Å². The van der Waals surface area contributed by atoms with Crippen molar-refractivity contribution in [1.82, 2.24) is 0 Å². The molecule has 6 aromatic rings. The Labute approximate surface area is 235 Å². The lowest BCUT2D eigenvalue weighted by Gasteiger charge is -2.41. The molecule has 40 heavy (non-hydrogen) atoms. The van der Waals surface area contributed by atoms with Crippen molar-refractivity contribution in [3.63, 3.8) is 0 Å². The molecule has 1 aliphatic heterocycles. The maximum Gasteiger partial charge on any atom is 0.260 e. The summed E-state index contributed by atoms with van der Waals surface area (Å²) in [5, 5.41) is 4.78. The Bertz CT molecular complexity index is 1820. The molecule has 0 fully saturated rings. The molecule has 0 aliphatic carbocycles. The first-order valence-electron chi connectivity index (χ1n) is 14.2. The summed E-state index contributed by atoms with van der Waals surface area (Å²) in [5.74, 6) is 0.0182. The van der Waals surface area contributed by atoms with Crippen LogP contribution in [0.4, 0.5) is 5.69 Å². The van der Waals surface area contributed by atoms with Gasteiger partial charge in [-0.3, -0.25) is 9.69 Å². The largest absolute Gasteiger partial charge is 0.290 e. The zero-order valence-electron chi connectivity index (χ0n) is 22.9. The normalized spacial score (nSPS) is 14.2. The zero-order chi connectivity index (χ0) is 27.3. The van der Waals surface area contributed by atoms with Crippen molar-refractivity contribution in [2.75, 3.05) is 4.90 Å². The van der Waals surface area contributed by atoms with Crippen molar-refractivity contribution >= 4 is 33.1 Å². The van der Waals surface area contributed by atoms with Crippen molar-refractivity contribution in [3.8, 4) is 0 Å². The van der Waals surface area contributed by atoms with E-state index in [-0.39, 0.29) is 5.91 Å². The summed E-state index contributed by atoms with van der Waals surface area (Å²) >= 11 is 0. The highest BCUT2D eigenvalue weighted by molar-refractivity contribution is 6.14. The Morgan fingerprint density at radius 2 is 1.05 bits per heavy atom. The maximum absolute atomic E-state index is 14.4. The smallest absolute Gasteiger partial charge is 0.260 e. The second-order valence-electron chi connectivity index (χ2n) is 10.7. The molecular weight excluding hydrogens is 486 g/mol. The van der Waals surface area contributed by atoms with Gasteiger partial charge >= 0.3 is 0 Å². The van der Waals surface area contributed by atoms with Crippen LogP contribution in [0.2, 0.25) is 0 Å². The highest BCUT2D eigenvalue weighted by Crippen LogP contribution is 2.51. The summed E-state index contributed by atoms with van der Waals surface area (Å²) in [5.41, 5.74) is 6.61. The van der Waals surface area contributed by atoms with Crippen LogP contribution in [0.1, 0.15) is 52.0 Å². The van der Waals surface area contributed by atoms with Crippen molar-refractivity contribution < 1.29 is 4.79 Å². The highest BCUT2D eigenvalue weighted by atomic mass is 16.2. The Balaban J connectivity index is 1.58. The lowest BCUT2D eigenvalue weighted by molar-refractivity contribution is 0.0986. The number of rotatable bonds is 5. The van der Waals surface area contributed by atoms with E-state index in [9.17, 15) is 4.79 Å². The number of hydrogen-bond acceptors (Lipinski definition) is 1. The van der Waals surface area contributed by atoms with Gasteiger partial charge in [0.05, 0.1) is 0 Å². The molecule has 2 nitrogen and oxygen atoms in total. The van der Waals surface area contributed by atoms with Gasteiger partial charge in [-0.25, -0.2) is 0 Å². The third-order valence-corrected chi connectivity index (χ3v) is 8.56. The minimum Gasteiger partial charge on any atom is -0.290 e. The predicted molar refractivity (Wildman–Crippen MR) is 166 cm³/mol. The molecule has 1 amide bonds. The zero-order valence-corrected chi connectivity index (χ0v) is 22.9. The molecule has 0 aromatic heterocycles. The second-order valence-corrected chi connectivity index (χ2v) is 10.7. The molecule has 0 saturated carbocycles. The quantitative estimate of drug-likeness (QED) is 0.223. The van der Waals surface area contributed by atoms with Crippen molar-refractivity contribution in [2.24, 2.45) is 0 Å². The van der Waals surface area contributed by atoms with Crippen LogP contribution in [-0.2, 0) is 18.4 Å². The fourth-order valence-electron chi connectivity index (χ4n) is 6.48. The number of nitrogens with zero attached hydrogens (tertiary/aromatic N) is 1. The van der Waals surface area contributed by atoms with Gasteiger partial charge in [0.15, 0.2) is 0 Å². The van der Waals surface area contributed by atoms with Gasteiger partial charge in [0.25, 0.3) is 5.91 Å². The number of anilines is 1. The van der Waals surface area contributed by atoms with Crippen LogP contribution >= 0.6 is 0 Å². The van der Waals surface area contributed by atoms with E-state index >= 15 is 0 Å². The van der Waals surface area contributed by atoms with E-state index in [1.54, 1.807) is 0 Å². The van der Waals surface area contributed by atoms with Crippen LogP contribution in [0, 0.1) is 0 Å². The van der Waals surface area contributed by atoms with Crippen LogP contribution in [0.5, 0.6) is 0 Å². The fourth-order valence-corrected chi connectivity index (χ4v) is 6.48. The molecule has 0 bridgehead atoms. The lowest BCUT2D eigenvalue weighted by atomic mass is 9.75. The molecule has 7 rings (SSSR count). The van der Waals surface area contributed by atoms with E-state index in [0.29, 0.717) is 0 Å². The van der Waals surface area contributed by atoms with Crippen LogP contribution in [0.3, 0.4) is 0 Å². The Morgan fingerprint density at radius 3 is 1.62 bits per heavy atom. The molecule has 6 aromatic carbocycles. The number of fused-ring (bicyclic) bond motifs is 3. The minimum atomic E-state index is -0.829. The van der Waals surface area contributed by atoms with Gasteiger partial charge in [0.2, 0.25) is 0 Å². The van der Waals surface area contributed by atoms with Gasteiger partial charge < -0.3 is 0 Å². The molecule has 0 N–H and O–H groups in total. The first-order valence-corrected chi connectivity index (χ1v) is 14.2. The first kappa shape index (κ1) is 24.4. The van der Waals surface area contributed by atoms with Crippen molar-refractivity contribution in [1.29, 1.82) is 0 Å². The summed E-state index contributed by atoms with van der Waals surface area (Å²) in [6.07, 6.45) is 2.00. The summed E-state index contributed by atoms with van der Waals surface area (Å²) < 4.78 is 0. The highest BCUT2D eigenvalue weighted by Gasteiger charge is 2.52. The first-order chi connectivity index (χ1) is 19.6. The van der Waals surface area contributed by atoms with Gasteiger partial charge in [0.1, 0.15) is 5.54 Å². The number of carbonyl (C=O) groups excluding carboxylic acids is 1. The number of aryl methyl sites for hydroxylation is 2. The van der Waals surface area contributed by atoms with E-state index < -0.39 is 5.54 Å². The number of benzene rings is 6. The summed E-state index contributed by atoms with van der Waals surface area (Å²) in [7, 11) is 0. The average molecular weight is 518 g/mol. The molecule has 1 aliphatic rings. The van der Waals surface area contributed by atoms with Gasteiger partial charge in [0, 0.05) is 11.3 Å². The van der Waals surface area contributed by atoms with Gasteiger partial charge in [-0.1, -0.05) is 111 Å². The van der Waals surface area contributed by atoms with Gasteiger partial charge in [-0.05, 0) is 92.5 Å². The molecular formula is C38H31NO. The number of carbonyl (C=O) groups is 1. The number of hydrogen-bond donors (Lipinski definition) is 0. The van der Waals surface area contributed by atoms with E-state index in [2.05, 4.69) is 98.8 Å². The number of amides is 1. The molecule has 194 valence electrons. The standard InChI is InChI=1S/C38H31NO/c1-3-26-14-16-30-24-32(20-18-28(30)22-26)38(33-21-19-29-23-27(4-2)15-17-31(29)25-33)36-13-9-8-12-35(36)37(40)39(38)34-10-6-5-7-11-34/h5-25H,3-4H2,1-2H3. The Morgan fingerprint density at radius 1 is 0.550 bits per heavy atom. The Hall–Kier alpha value is -4.69. The molecule has 0 saturated heterocycles. The lowest BCUT2D eigenvalue weighted by Crippen LogP contribution is -2.46. The van der Waals surface area contributed by atoms with Crippen LogP contribution in [-0.4, -0.2) is 5.91 Å². The molecule has 0 unspecified atom stereocenters. The molecule has 0 radical (unpaired) electrons. The monoisotopic (exact) mass is 517 g/mol. The summed E-state index contributed by atoms with van der Waals surface area (Å²) in [4.78, 5) is 16.4. The number of para-hydroxylation sites is 1. The predicted octanol–water partition coefficient (Wildman–Crippen LogP) is 9.07.